The summed E-state index contributed by atoms with van der Waals surface area (Å²) in [6.45, 7) is 8.30. The van der Waals surface area contributed by atoms with Crippen molar-refractivity contribution in [1.29, 1.82) is 0 Å². The maximum absolute atomic E-state index is 13.5. The first-order chi connectivity index (χ1) is 17.7. The second-order valence-electron chi connectivity index (χ2n) is 9.88. The number of hydrogen-bond acceptors (Lipinski definition) is 7. The summed E-state index contributed by atoms with van der Waals surface area (Å²) in [4.78, 5) is 34.4. The Morgan fingerprint density at radius 2 is 2.00 bits per heavy atom. The van der Waals surface area contributed by atoms with Gasteiger partial charge in [-0.2, -0.15) is 0 Å². The summed E-state index contributed by atoms with van der Waals surface area (Å²) >= 11 is 0. The van der Waals surface area contributed by atoms with Crippen molar-refractivity contribution in [2.75, 3.05) is 33.5 Å². The number of hydrogen-bond donors (Lipinski definition) is 1. The van der Waals surface area contributed by atoms with Crippen molar-refractivity contribution in [1.82, 2.24) is 14.8 Å². The smallest absolute Gasteiger partial charge is 0.259 e. The molecule has 37 heavy (non-hydrogen) atoms. The molecule has 0 spiro atoms. The maximum Gasteiger partial charge on any atom is 0.259 e. The van der Waals surface area contributed by atoms with Crippen LogP contribution >= 0.6 is 0 Å². The highest BCUT2D eigenvalue weighted by atomic mass is 16.7. The predicted molar refractivity (Wildman–Crippen MR) is 137 cm³/mol. The topological polar surface area (TPSA) is 101 Å². The zero-order chi connectivity index (χ0) is 26.7. The number of amides is 2. The Labute approximate surface area is 217 Å². The van der Waals surface area contributed by atoms with E-state index in [1.165, 1.54) is 0 Å². The number of ether oxygens (including phenoxy) is 3. The number of benzene rings is 1. The summed E-state index contributed by atoms with van der Waals surface area (Å²) in [5, 5.41) is 9.84. The Hall–Kier alpha value is -3.77. The number of nitrogens with zero attached hydrogens (tertiary/aromatic N) is 3. The standard InChI is InChI=1S/C28H33N3O6/c1-17(2)6-7-20-10-22-26(29-12-20)37-25(18(3)13-31(28(22)34)19(4)15-32)14-30(5)27(33)21-8-9-23-24(11-21)36-16-35-23/h8-12,17-19,25,32H,13-16H2,1-5H3/t18-,19-,25+/m1/s1. The van der Waals surface area contributed by atoms with Crippen molar-refractivity contribution >= 4 is 11.8 Å². The first-order valence-corrected chi connectivity index (χ1v) is 12.4. The molecule has 0 aliphatic carbocycles. The van der Waals surface area contributed by atoms with Crippen LogP contribution in [-0.4, -0.2) is 77.4 Å². The molecule has 9 nitrogen and oxygen atoms in total. The van der Waals surface area contributed by atoms with Crippen LogP contribution in [-0.2, 0) is 0 Å². The summed E-state index contributed by atoms with van der Waals surface area (Å²) in [5.74, 6) is 7.03. The van der Waals surface area contributed by atoms with E-state index < -0.39 is 12.1 Å². The van der Waals surface area contributed by atoms with Crippen LogP contribution in [0.15, 0.2) is 30.5 Å². The molecule has 2 amide bonds. The van der Waals surface area contributed by atoms with Gasteiger partial charge in [-0.3, -0.25) is 9.59 Å². The van der Waals surface area contributed by atoms with Crippen molar-refractivity contribution < 1.29 is 28.9 Å². The minimum atomic E-state index is -0.455. The molecule has 1 aromatic heterocycles. The zero-order valence-electron chi connectivity index (χ0n) is 21.9. The lowest BCUT2D eigenvalue weighted by Crippen LogP contribution is -2.50. The predicted octanol–water partition coefficient (Wildman–Crippen LogP) is 2.81. The number of fused-ring (bicyclic) bond motifs is 2. The van der Waals surface area contributed by atoms with Crippen LogP contribution in [0.1, 0.15) is 54.0 Å². The average Bonchev–Trinajstić information content (AvgIpc) is 3.36. The number of aromatic nitrogens is 1. The minimum absolute atomic E-state index is 0.134. The quantitative estimate of drug-likeness (QED) is 0.621. The molecule has 1 N–H and O–H groups in total. The number of carbonyl (C=O) groups is 2. The fraction of sp³-hybridized carbons (Fsp3) is 0.464. The number of rotatable bonds is 5. The highest BCUT2D eigenvalue weighted by molar-refractivity contribution is 5.97. The van der Waals surface area contributed by atoms with E-state index in [1.54, 1.807) is 54.2 Å². The third-order valence-corrected chi connectivity index (χ3v) is 6.45. The van der Waals surface area contributed by atoms with Crippen molar-refractivity contribution in [3.05, 3.63) is 47.2 Å². The third-order valence-electron chi connectivity index (χ3n) is 6.45. The summed E-state index contributed by atoms with van der Waals surface area (Å²) < 4.78 is 17.0. The van der Waals surface area contributed by atoms with E-state index in [1.807, 2.05) is 20.8 Å². The number of pyridine rings is 1. The largest absolute Gasteiger partial charge is 0.472 e. The van der Waals surface area contributed by atoms with E-state index in [9.17, 15) is 14.7 Å². The van der Waals surface area contributed by atoms with Gasteiger partial charge in [0.2, 0.25) is 12.7 Å². The number of carbonyl (C=O) groups excluding carboxylic acids is 2. The van der Waals surface area contributed by atoms with Gasteiger partial charge in [0.1, 0.15) is 11.7 Å². The Balaban J connectivity index is 1.62. The molecule has 2 aliphatic rings. The molecule has 0 unspecified atom stereocenters. The molecule has 3 heterocycles. The van der Waals surface area contributed by atoms with Crippen LogP contribution < -0.4 is 14.2 Å². The fourth-order valence-electron chi connectivity index (χ4n) is 4.22. The lowest BCUT2D eigenvalue weighted by Gasteiger charge is -2.37. The van der Waals surface area contributed by atoms with Gasteiger partial charge in [0.05, 0.1) is 19.2 Å². The van der Waals surface area contributed by atoms with E-state index in [-0.39, 0.29) is 55.0 Å². The van der Waals surface area contributed by atoms with Gasteiger partial charge in [0, 0.05) is 42.8 Å². The molecular weight excluding hydrogens is 474 g/mol. The second-order valence-corrected chi connectivity index (χ2v) is 9.88. The molecule has 0 radical (unpaired) electrons. The summed E-state index contributed by atoms with van der Waals surface area (Å²) in [6, 6.07) is 6.38. The van der Waals surface area contributed by atoms with E-state index in [4.69, 9.17) is 14.2 Å². The third kappa shape index (κ3) is 5.81. The molecule has 1 aromatic carbocycles. The van der Waals surface area contributed by atoms with Gasteiger partial charge in [0.25, 0.3) is 11.8 Å². The fourth-order valence-corrected chi connectivity index (χ4v) is 4.22. The van der Waals surface area contributed by atoms with Crippen LogP contribution in [0.4, 0.5) is 0 Å². The lowest BCUT2D eigenvalue weighted by molar-refractivity contribution is 0.0313. The summed E-state index contributed by atoms with van der Waals surface area (Å²) in [6.07, 6.45) is 1.13. The Bertz CT molecular complexity index is 1230. The van der Waals surface area contributed by atoms with Crippen LogP contribution in [0.25, 0.3) is 0 Å². The number of likely N-dealkylation sites (N-methyl/N-ethyl adjacent to an activating group) is 1. The van der Waals surface area contributed by atoms with Gasteiger partial charge in [-0.25, -0.2) is 4.98 Å². The normalized spacial score (nSPS) is 19.2. The number of aliphatic hydroxyl groups is 1. The van der Waals surface area contributed by atoms with E-state index >= 15 is 0 Å². The SMILES string of the molecule is CC(C)C#Cc1cnc2c(c1)C(=O)N([C@H](C)CO)C[C@@H](C)[C@H](CN(C)C(=O)c1ccc3c(c1)OCO3)O2. The Kier molecular flexibility index (Phi) is 7.89. The van der Waals surface area contributed by atoms with Gasteiger partial charge in [-0.1, -0.05) is 32.6 Å². The minimum Gasteiger partial charge on any atom is -0.472 e. The number of aliphatic hydroxyl groups excluding tert-OH is 1. The monoisotopic (exact) mass is 507 g/mol. The molecule has 4 rings (SSSR count). The lowest BCUT2D eigenvalue weighted by atomic mass is 9.99. The highest BCUT2D eigenvalue weighted by Gasteiger charge is 2.35. The second kappa shape index (κ2) is 11.1. The molecule has 0 bridgehead atoms. The summed E-state index contributed by atoms with van der Waals surface area (Å²) in [7, 11) is 1.71. The molecule has 9 heteroatoms. The molecule has 0 saturated carbocycles. The highest BCUT2D eigenvalue weighted by Crippen LogP contribution is 2.33. The molecule has 2 aromatic rings. The molecule has 0 saturated heterocycles. The molecule has 196 valence electrons. The van der Waals surface area contributed by atoms with E-state index in [0.29, 0.717) is 29.2 Å². The molecule has 2 aliphatic heterocycles. The molecule has 3 atom stereocenters. The first kappa shape index (κ1) is 26.3. The maximum atomic E-state index is 13.5. The van der Waals surface area contributed by atoms with E-state index in [0.717, 1.165) is 0 Å². The van der Waals surface area contributed by atoms with Gasteiger partial charge < -0.3 is 29.1 Å². The van der Waals surface area contributed by atoms with Crippen LogP contribution in [0.5, 0.6) is 17.4 Å². The summed E-state index contributed by atoms with van der Waals surface area (Å²) in [5.41, 5.74) is 1.38. The first-order valence-electron chi connectivity index (χ1n) is 12.4. The van der Waals surface area contributed by atoms with Crippen molar-refractivity contribution in [2.45, 2.75) is 39.8 Å². The Morgan fingerprint density at radius 3 is 2.73 bits per heavy atom. The van der Waals surface area contributed by atoms with Gasteiger partial charge >= 0.3 is 0 Å². The van der Waals surface area contributed by atoms with E-state index in [2.05, 4.69) is 16.8 Å². The van der Waals surface area contributed by atoms with Crippen molar-refractivity contribution in [3.63, 3.8) is 0 Å². The van der Waals surface area contributed by atoms with Crippen LogP contribution in [0.3, 0.4) is 0 Å². The van der Waals surface area contributed by atoms with Crippen molar-refractivity contribution in [3.8, 4) is 29.2 Å². The molecular formula is C28H33N3O6. The Morgan fingerprint density at radius 1 is 1.24 bits per heavy atom. The van der Waals surface area contributed by atoms with Crippen LogP contribution in [0, 0.1) is 23.7 Å². The average molecular weight is 508 g/mol. The van der Waals surface area contributed by atoms with Gasteiger partial charge in [-0.15, -0.1) is 0 Å². The van der Waals surface area contributed by atoms with Crippen molar-refractivity contribution in [2.24, 2.45) is 11.8 Å². The zero-order valence-corrected chi connectivity index (χ0v) is 21.9. The van der Waals surface area contributed by atoms with Crippen LogP contribution in [0.2, 0.25) is 0 Å². The molecule has 0 fully saturated rings. The van der Waals surface area contributed by atoms with Gasteiger partial charge in [0.15, 0.2) is 11.5 Å². The van der Waals surface area contributed by atoms with Gasteiger partial charge in [-0.05, 0) is 31.2 Å².